The highest BCUT2D eigenvalue weighted by Crippen LogP contribution is 2.29. The second kappa shape index (κ2) is 7.52. The molecule has 2 aromatic rings. The minimum absolute atomic E-state index is 0.0222. The number of aliphatic hydroxyl groups excluding tert-OH is 1. The summed E-state index contributed by atoms with van der Waals surface area (Å²) in [5.41, 5.74) is 0. The van der Waals surface area contributed by atoms with Gasteiger partial charge in [0.1, 0.15) is 6.10 Å². The maximum Gasteiger partial charge on any atom is 0.279 e. The largest absolute Gasteiger partial charge is 0.386 e. The lowest BCUT2D eigenvalue weighted by Crippen LogP contribution is -2.40. The summed E-state index contributed by atoms with van der Waals surface area (Å²) in [4.78, 5) is 0.764. The van der Waals surface area contributed by atoms with Crippen LogP contribution in [0, 0.1) is 0 Å². The molecule has 1 atom stereocenters. The number of fused-ring (bicyclic) bond motifs is 1. The van der Waals surface area contributed by atoms with Crippen LogP contribution in [0.4, 0.5) is 0 Å². The maximum absolute atomic E-state index is 12.1. The Bertz CT molecular complexity index is 679. The molecule has 0 bridgehead atoms. The van der Waals surface area contributed by atoms with Crippen LogP contribution in [-0.2, 0) is 10.2 Å². The monoisotopic (exact) mass is 342 g/mol. The van der Waals surface area contributed by atoms with Gasteiger partial charge in [0.15, 0.2) is 0 Å². The number of thiophene rings is 1. The van der Waals surface area contributed by atoms with Crippen LogP contribution in [-0.4, -0.2) is 38.0 Å². The van der Waals surface area contributed by atoms with Crippen molar-refractivity contribution in [1.29, 1.82) is 0 Å². The van der Waals surface area contributed by atoms with Gasteiger partial charge < -0.3 is 5.11 Å². The molecule has 0 fully saturated rings. The van der Waals surface area contributed by atoms with Gasteiger partial charge in [-0.15, -0.1) is 11.3 Å². The molecule has 0 spiro atoms. The molecule has 1 heterocycles. The highest BCUT2D eigenvalue weighted by Gasteiger charge is 2.19. The molecule has 2 rings (SSSR count). The average Bonchev–Trinajstić information content (AvgIpc) is 2.94. The summed E-state index contributed by atoms with van der Waals surface area (Å²) in [6.07, 6.45) is 0.910. The summed E-state index contributed by atoms with van der Waals surface area (Å²) in [7, 11) is -1.99. The van der Waals surface area contributed by atoms with Gasteiger partial charge >= 0.3 is 0 Å². The lowest BCUT2D eigenvalue weighted by atomic mass is 10.2. The molecule has 0 saturated carbocycles. The van der Waals surface area contributed by atoms with E-state index >= 15 is 0 Å². The number of hydrogen-bond donors (Lipinski definition) is 2. The van der Waals surface area contributed by atoms with Crippen molar-refractivity contribution in [2.75, 3.05) is 20.1 Å². The lowest BCUT2D eigenvalue weighted by molar-refractivity contribution is 0.185. The Hall–Kier alpha value is -0.990. The van der Waals surface area contributed by atoms with E-state index < -0.39 is 16.3 Å². The van der Waals surface area contributed by atoms with Crippen LogP contribution < -0.4 is 4.72 Å². The van der Waals surface area contributed by atoms with E-state index in [1.165, 1.54) is 15.6 Å². The molecular formula is C15H22N2O3S2. The van der Waals surface area contributed by atoms with Crippen LogP contribution in [0.2, 0.25) is 0 Å². The van der Waals surface area contributed by atoms with Gasteiger partial charge in [-0.25, -0.2) is 0 Å². The van der Waals surface area contributed by atoms with Gasteiger partial charge in [0.2, 0.25) is 0 Å². The van der Waals surface area contributed by atoms with Crippen molar-refractivity contribution < 1.29 is 13.5 Å². The first-order valence-corrected chi connectivity index (χ1v) is 9.57. The van der Waals surface area contributed by atoms with Gasteiger partial charge in [0.05, 0.1) is 0 Å². The zero-order chi connectivity index (χ0) is 16.2. The molecule has 2 N–H and O–H groups in total. The minimum atomic E-state index is -3.54. The third-order valence-corrected chi connectivity index (χ3v) is 6.22. The van der Waals surface area contributed by atoms with E-state index in [1.807, 2.05) is 37.3 Å². The standard InChI is InChI=1S/C15H22N2O3S2/c1-3-4-9-17(2)22(19,20)16-11-13(18)15-10-12-7-5-6-8-14(12)21-15/h5-8,10,13,16,18H,3-4,9,11H2,1-2H3. The van der Waals surface area contributed by atoms with Crippen LogP contribution in [0.25, 0.3) is 10.1 Å². The summed E-state index contributed by atoms with van der Waals surface area (Å²) >= 11 is 1.48. The maximum atomic E-state index is 12.1. The summed E-state index contributed by atoms with van der Waals surface area (Å²) < 4.78 is 28.9. The molecule has 0 amide bonds. The molecule has 0 radical (unpaired) electrons. The Morgan fingerprint density at radius 1 is 1.36 bits per heavy atom. The van der Waals surface area contributed by atoms with Crippen LogP contribution >= 0.6 is 11.3 Å². The Morgan fingerprint density at radius 3 is 2.77 bits per heavy atom. The number of unbranched alkanes of at least 4 members (excludes halogenated alkanes) is 1. The van der Waals surface area contributed by atoms with Gasteiger partial charge in [-0.1, -0.05) is 31.5 Å². The van der Waals surface area contributed by atoms with Gasteiger partial charge in [-0.3, -0.25) is 0 Å². The number of aliphatic hydroxyl groups is 1. The average molecular weight is 342 g/mol. The summed E-state index contributed by atoms with van der Waals surface area (Å²) in [6.45, 7) is 2.47. The summed E-state index contributed by atoms with van der Waals surface area (Å²) in [6, 6.07) is 9.75. The highest BCUT2D eigenvalue weighted by atomic mass is 32.2. The molecule has 1 aromatic heterocycles. The molecule has 1 unspecified atom stereocenters. The SMILES string of the molecule is CCCCN(C)S(=O)(=O)NCC(O)c1cc2ccccc2s1. The first-order chi connectivity index (χ1) is 10.4. The Balaban J connectivity index is 1.98. The van der Waals surface area contributed by atoms with Crippen molar-refractivity contribution in [3.05, 3.63) is 35.2 Å². The lowest BCUT2D eigenvalue weighted by Gasteiger charge is -2.18. The molecule has 7 heteroatoms. The molecule has 1 aromatic carbocycles. The molecule has 0 aliphatic heterocycles. The fraction of sp³-hybridized carbons (Fsp3) is 0.467. The number of rotatable bonds is 8. The topological polar surface area (TPSA) is 69.6 Å². The Morgan fingerprint density at radius 2 is 2.09 bits per heavy atom. The van der Waals surface area contributed by atoms with E-state index in [9.17, 15) is 13.5 Å². The second-order valence-electron chi connectivity index (χ2n) is 5.23. The summed E-state index contributed by atoms with van der Waals surface area (Å²) in [5.74, 6) is 0. The molecule has 5 nitrogen and oxygen atoms in total. The van der Waals surface area contributed by atoms with Crippen molar-refractivity contribution in [1.82, 2.24) is 9.03 Å². The molecule has 0 saturated heterocycles. The van der Waals surface area contributed by atoms with E-state index in [2.05, 4.69) is 4.72 Å². The molecule has 22 heavy (non-hydrogen) atoms. The smallest absolute Gasteiger partial charge is 0.279 e. The van der Waals surface area contributed by atoms with Gasteiger partial charge in [0, 0.05) is 29.7 Å². The zero-order valence-electron chi connectivity index (χ0n) is 12.8. The van der Waals surface area contributed by atoms with Crippen molar-refractivity contribution in [2.24, 2.45) is 0 Å². The van der Waals surface area contributed by atoms with Gasteiger partial charge in [-0.05, 0) is 23.9 Å². The first kappa shape index (κ1) is 17.4. The molecular weight excluding hydrogens is 320 g/mol. The predicted octanol–water partition coefficient (Wildman–Crippen LogP) is 2.50. The predicted molar refractivity (Wildman–Crippen MR) is 91.2 cm³/mol. The fourth-order valence-corrected chi connectivity index (χ4v) is 4.07. The van der Waals surface area contributed by atoms with Crippen LogP contribution in [0.15, 0.2) is 30.3 Å². The van der Waals surface area contributed by atoms with Gasteiger partial charge in [-0.2, -0.15) is 17.4 Å². The quantitative estimate of drug-likeness (QED) is 0.774. The first-order valence-electron chi connectivity index (χ1n) is 7.31. The van der Waals surface area contributed by atoms with Crippen molar-refractivity contribution in [3.63, 3.8) is 0 Å². The highest BCUT2D eigenvalue weighted by molar-refractivity contribution is 7.87. The number of nitrogens with zero attached hydrogens (tertiary/aromatic N) is 1. The van der Waals surface area contributed by atoms with E-state index in [1.54, 1.807) is 7.05 Å². The fourth-order valence-electron chi connectivity index (χ4n) is 2.06. The van der Waals surface area contributed by atoms with Crippen molar-refractivity contribution in [3.8, 4) is 0 Å². The number of nitrogens with one attached hydrogen (secondary N) is 1. The second-order valence-corrected chi connectivity index (χ2v) is 8.21. The van der Waals surface area contributed by atoms with E-state index in [0.717, 1.165) is 27.8 Å². The molecule has 0 aliphatic rings. The van der Waals surface area contributed by atoms with Crippen molar-refractivity contribution in [2.45, 2.75) is 25.9 Å². The van der Waals surface area contributed by atoms with Gasteiger partial charge in [0.25, 0.3) is 10.2 Å². The molecule has 122 valence electrons. The zero-order valence-corrected chi connectivity index (χ0v) is 14.5. The normalized spacial score (nSPS) is 13.8. The van der Waals surface area contributed by atoms with E-state index in [4.69, 9.17) is 0 Å². The van der Waals surface area contributed by atoms with Crippen LogP contribution in [0.1, 0.15) is 30.7 Å². The van der Waals surface area contributed by atoms with Crippen molar-refractivity contribution >= 4 is 31.6 Å². The third kappa shape index (κ3) is 4.27. The Labute approximate surface area is 135 Å². The van der Waals surface area contributed by atoms with Crippen LogP contribution in [0.3, 0.4) is 0 Å². The van der Waals surface area contributed by atoms with E-state index in [0.29, 0.717) is 6.54 Å². The summed E-state index contributed by atoms with van der Waals surface area (Å²) in [5, 5.41) is 11.3. The molecule has 0 aliphatic carbocycles. The third-order valence-electron chi connectivity index (χ3n) is 3.47. The number of hydrogen-bond acceptors (Lipinski definition) is 4. The minimum Gasteiger partial charge on any atom is -0.386 e. The number of benzene rings is 1. The van der Waals surface area contributed by atoms with Crippen LogP contribution in [0.5, 0.6) is 0 Å². The Kier molecular flexibility index (Phi) is 5.94. The van der Waals surface area contributed by atoms with E-state index in [-0.39, 0.29) is 6.54 Å².